The second kappa shape index (κ2) is 12.1. The molecule has 3 aromatic carbocycles. The van der Waals surface area contributed by atoms with Crippen molar-refractivity contribution in [3.8, 4) is 0 Å². The van der Waals surface area contributed by atoms with E-state index in [0.717, 1.165) is 35.2 Å². The van der Waals surface area contributed by atoms with Gasteiger partial charge in [-0.2, -0.15) is 0 Å². The lowest BCUT2D eigenvalue weighted by Gasteiger charge is -2.37. The fourth-order valence-corrected chi connectivity index (χ4v) is 5.60. The van der Waals surface area contributed by atoms with E-state index in [1.54, 1.807) is 0 Å². The quantitative estimate of drug-likeness (QED) is 0.275. The average Bonchev–Trinajstić information content (AvgIpc) is 3.56. The van der Waals surface area contributed by atoms with E-state index in [2.05, 4.69) is 15.0 Å². The second-order valence-electron chi connectivity index (χ2n) is 10.9. The summed E-state index contributed by atoms with van der Waals surface area (Å²) < 4.78 is 17.4. The van der Waals surface area contributed by atoms with Crippen molar-refractivity contribution in [2.24, 2.45) is 0 Å². The maximum absolute atomic E-state index is 12.7. The second-order valence-corrected chi connectivity index (χ2v) is 10.9. The van der Waals surface area contributed by atoms with Gasteiger partial charge in [-0.1, -0.05) is 48.5 Å². The minimum absolute atomic E-state index is 0.0206. The number of β-amino-alcohol motifs (C(OH)–C–C–N with tert-alkyl or cyclic N) is 1. The number of carbonyl (C=O) groups is 3. The highest BCUT2D eigenvalue weighted by molar-refractivity contribution is 6.15. The number of benzene rings is 3. The van der Waals surface area contributed by atoms with Gasteiger partial charge in [-0.05, 0) is 41.3 Å². The Kier molecular flexibility index (Phi) is 8.14. The molecule has 42 heavy (non-hydrogen) atoms. The first-order chi connectivity index (χ1) is 20.4. The molecule has 6 rings (SSSR count). The van der Waals surface area contributed by atoms with Gasteiger partial charge in [0.15, 0.2) is 6.29 Å². The summed E-state index contributed by atoms with van der Waals surface area (Å²) in [7, 11) is 0. The summed E-state index contributed by atoms with van der Waals surface area (Å²) in [6.07, 6.45) is 0.217. The fourth-order valence-electron chi connectivity index (χ4n) is 5.60. The van der Waals surface area contributed by atoms with Gasteiger partial charge in [0.1, 0.15) is 0 Å². The van der Waals surface area contributed by atoms with Gasteiger partial charge >= 0.3 is 11.9 Å². The average molecular weight is 573 g/mol. The van der Waals surface area contributed by atoms with Crippen LogP contribution in [0.15, 0.2) is 66.7 Å². The number of aliphatic hydroxyl groups excluding tert-OH is 2. The van der Waals surface area contributed by atoms with E-state index in [-0.39, 0.29) is 54.1 Å². The number of nitrogens with zero attached hydrogens (tertiary/aromatic N) is 1. The molecule has 0 radical (unpaired) electrons. The van der Waals surface area contributed by atoms with Crippen LogP contribution in [0.4, 0.5) is 0 Å². The summed E-state index contributed by atoms with van der Waals surface area (Å²) in [6.45, 7) is 2.39. The molecule has 0 spiro atoms. The van der Waals surface area contributed by atoms with Gasteiger partial charge in [-0.3, -0.25) is 9.69 Å². The van der Waals surface area contributed by atoms with E-state index in [1.165, 1.54) is 18.2 Å². The minimum atomic E-state index is -0.753. The number of hydrogen-bond acceptors (Lipinski definition) is 9. The Labute approximate surface area is 242 Å². The fraction of sp³-hybridized carbons (Fsp3) is 0.344. The van der Waals surface area contributed by atoms with Gasteiger partial charge < -0.3 is 29.7 Å². The number of esters is 2. The maximum Gasteiger partial charge on any atom is 0.346 e. The smallest absolute Gasteiger partial charge is 0.346 e. The van der Waals surface area contributed by atoms with Crippen molar-refractivity contribution in [2.75, 3.05) is 19.6 Å². The molecule has 1 unspecified atom stereocenters. The molecule has 0 saturated carbocycles. The summed E-state index contributed by atoms with van der Waals surface area (Å²) in [4.78, 5) is 38.4. The molecule has 0 aliphatic carbocycles. The molecule has 10 nitrogen and oxygen atoms in total. The summed E-state index contributed by atoms with van der Waals surface area (Å²) in [5.74, 6) is -1.84. The molecular weight excluding hydrogens is 540 g/mol. The van der Waals surface area contributed by atoms with E-state index in [0.29, 0.717) is 19.5 Å². The number of hydrogen-bond donors (Lipinski definition) is 3. The molecule has 218 valence electrons. The zero-order chi connectivity index (χ0) is 29.2. The minimum Gasteiger partial charge on any atom is -0.392 e. The normalized spacial score (nSPS) is 24.0. The molecule has 2 fully saturated rings. The lowest BCUT2D eigenvalue weighted by molar-refractivity contribution is -0.252. The molecule has 3 aliphatic heterocycles. The number of amides is 1. The molecule has 0 aromatic heterocycles. The monoisotopic (exact) mass is 572 g/mol. The number of nitrogens with one attached hydrogen (secondary N) is 1. The Morgan fingerprint density at radius 3 is 2.33 bits per heavy atom. The Hall–Kier alpha value is -3.93. The van der Waals surface area contributed by atoms with Crippen LogP contribution in [0.3, 0.4) is 0 Å². The third-order valence-corrected chi connectivity index (χ3v) is 7.94. The van der Waals surface area contributed by atoms with E-state index in [4.69, 9.17) is 9.47 Å². The lowest BCUT2D eigenvalue weighted by atomic mass is 9.99. The van der Waals surface area contributed by atoms with E-state index in [9.17, 15) is 24.6 Å². The van der Waals surface area contributed by atoms with Crippen LogP contribution in [0.25, 0.3) is 0 Å². The predicted octanol–water partition coefficient (Wildman–Crippen LogP) is 3.03. The van der Waals surface area contributed by atoms with Crippen LogP contribution in [0.2, 0.25) is 0 Å². The van der Waals surface area contributed by atoms with Gasteiger partial charge in [0, 0.05) is 43.7 Å². The van der Waals surface area contributed by atoms with Crippen molar-refractivity contribution < 1.29 is 38.8 Å². The standard InChI is InChI=1S/C32H32N2O8/c35-18-20-3-5-21(6-4-20)28-14-25(17-34-12-11-24(36)16-34)40-32(41-28)22-7-1-19(2-8-22)15-33-29(37)23-9-10-26-27(13-23)31(39)42-30(26)38/h1-10,13,24-25,28,32,35-36H,11-12,14-18H2,(H,33,37)/t24-,25+,28-,32?/m1/s1. The molecule has 3 aliphatic rings. The first kappa shape index (κ1) is 28.2. The van der Waals surface area contributed by atoms with Gasteiger partial charge in [-0.25, -0.2) is 9.59 Å². The number of carbonyl (C=O) groups excluding carboxylic acids is 3. The van der Waals surface area contributed by atoms with Crippen LogP contribution in [0.5, 0.6) is 0 Å². The Bertz CT molecular complexity index is 1470. The SMILES string of the molecule is O=C(NCc1ccc(C2O[C@H](CN3CC[C@@H](O)C3)C[C@H](c3ccc(CO)cc3)O2)cc1)c1ccc2c(c1)C(=O)OC2=O. The maximum atomic E-state index is 12.7. The van der Waals surface area contributed by atoms with Crippen LogP contribution < -0.4 is 5.32 Å². The van der Waals surface area contributed by atoms with Crippen molar-refractivity contribution in [1.82, 2.24) is 10.2 Å². The summed E-state index contributed by atoms with van der Waals surface area (Å²) in [5.41, 5.74) is 4.05. The largest absolute Gasteiger partial charge is 0.392 e. The highest BCUT2D eigenvalue weighted by atomic mass is 16.7. The van der Waals surface area contributed by atoms with Crippen molar-refractivity contribution in [3.05, 3.63) is 106 Å². The van der Waals surface area contributed by atoms with E-state index < -0.39 is 18.2 Å². The molecule has 10 heteroatoms. The number of rotatable bonds is 8. The molecule has 3 aromatic rings. The van der Waals surface area contributed by atoms with Gasteiger partial charge in [0.05, 0.1) is 36.0 Å². The molecule has 2 saturated heterocycles. The van der Waals surface area contributed by atoms with Gasteiger partial charge in [-0.15, -0.1) is 0 Å². The van der Waals surface area contributed by atoms with Crippen molar-refractivity contribution in [2.45, 2.75) is 50.6 Å². The first-order valence-electron chi connectivity index (χ1n) is 14.0. The topological polar surface area (TPSA) is 135 Å². The molecule has 1 amide bonds. The molecular formula is C32H32N2O8. The highest BCUT2D eigenvalue weighted by Gasteiger charge is 2.34. The van der Waals surface area contributed by atoms with Crippen LogP contribution in [0.1, 0.15) is 78.6 Å². The van der Waals surface area contributed by atoms with Crippen LogP contribution in [0, 0.1) is 0 Å². The summed E-state index contributed by atoms with van der Waals surface area (Å²) in [5, 5.41) is 22.2. The molecule has 3 N–H and O–H groups in total. The van der Waals surface area contributed by atoms with Gasteiger partial charge in [0.25, 0.3) is 5.91 Å². The van der Waals surface area contributed by atoms with Crippen LogP contribution >= 0.6 is 0 Å². The Morgan fingerprint density at radius 2 is 1.62 bits per heavy atom. The number of fused-ring (bicyclic) bond motifs is 1. The zero-order valence-electron chi connectivity index (χ0n) is 22.9. The summed E-state index contributed by atoms with van der Waals surface area (Å²) in [6, 6.07) is 19.6. The summed E-state index contributed by atoms with van der Waals surface area (Å²) >= 11 is 0. The molecule has 0 bridgehead atoms. The Morgan fingerprint density at radius 1 is 0.905 bits per heavy atom. The lowest BCUT2D eigenvalue weighted by Crippen LogP contribution is -2.38. The third kappa shape index (κ3) is 6.13. The third-order valence-electron chi connectivity index (χ3n) is 7.94. The van der Waals surface area contributed by atoms with Crippen molar-refractivity contribution in [1.29, 1.82) is 0 Å². The Balaban J connectivity index is 1.12. The van der Waals surface area contributed by atoms with Gasteiger partial charge in [0.2, 0.25) is 0 Å². The van der Waals surface area contributed by atoms with Crippen molar-refractivity contribution in [3.63, 3.8) is 0 Å². The van der Waals surface area contributed by atoms with Crippen LogP contribution in [-0.4, -0.2) is 64.8 Å². The zero-order valence-corrected chi connectivity index (χ0v) is 22.9. The highest BCUT2D eigenvalue weighted by Crippen LogP contribution is 2.38. The number of ether oxygens (including phenoxy) is 3. The molecule has 3 heterocycles. The van der Waals surface area contributed by atoms with Crippen LogP contribution in [-0.2, 0) is 27.4 Å². The molecule has 4 atom stereocenters. The number of cyclic esters (lactones) is 2. The van der Waals surface area contributed by atoms with Crippen molar-refractivity contribution >= 4 is 17.8 Å². The predicted molar refractivity (Wildman–Crippen MR) is 149 cm³/mol. The number of aliphatic hydroxyl groups is 2. The number of likely N-dealkylation sites (tertiary alicyclic amines) is 1. The van der Waals surface area contributed by atoms with E-state index in [1.807, 2.05) is 48.5 Å². The first-order valence-corrected chi connectivity index (χ1v) is 14.0. The van der Waals surface area contributed by atoms with E-state index >= 15 is 0 Å².